The molecule has 27 heavy (non-hydrogen) atoms. The van der Waals surface area contributed by atoms with E-state index in [1.807, 2.05) is 24.3 Å². The first-order valence-corrected chi connectivity index (χ1v) is 11.6. The Balaban J connectivity index is 1.56. The summed E-state index contributed by atoms with van der Waals surface area (Å²) < 4.78 is 26.2. The van der Waals surface area contributed by atoms with Gasteiger partial charge in [0.1, 0.15) is 5.75 Å². The van der Waals surface area contributed by atoms with E-state index in [1.165, 1.54) is 15.6 Å². The van der Waals surface area contributed by atoms with E-state index in [2.05, 4.69) is 17.2 Å². The first kappa shape index (κ1) is 20.3. The Labute approximate surface area is 168 Å². The summed E-state index contributed by atoms with van der Waals surface area (Å²) in [6.45, 7) is 3.08. The molecule has 0 radical (unpaired) electrons. The SMILES string of the molecule is CC1CCN(S(=O)(=O)CC(=O)Nc2ncc(Cc3cccc(Cl)c3)s2)CC1. The van der Waals surface area contributed by atoms with Crippen LogP contribution < -0.4 is 5.32 Å². The molecular formula is C18H22ClN3O3S2. The molecule has 9 heteroatoms. The second-order valence-corrected chi connectivity index (χ2v) is 10.3. The van der Waals surface area contributed by atoms with Crippen LogP contribution >= 0.6 is 22.9 Å². The lowest BCUT2D eigenvalue weighted by Gasteiger charge is -2.29. The van der Waals surface area contributed by atoms with Crippen molar-refractivity contribution in [1.82, 2.24) is 9.29 Å². The van der Waals surface area contributed by atoms with Crippen molar-refractivity contribution in [2.75, 3.05) is 24.2 Å². The van der Waals surface area contributed by atoms with Gasteiger partial charge in [0.2, 0.25) is 15.9 Å². The number of piperidine rings is 1. The van der Waals surface area contributed by atoms with Crippen molar-refractivity contribution in [3.63, 3.8) is 0 Å². The third-order valence-corrected chi connectivity index (χ3v) is 7.44. The second kappa shape index (κ2) is 8.68. The standard InChI is InChI=1S/C18H22ClN3O3S2/c1-13-5-7-22(8-6-13)27(24,25)12-17(23)21-18-20-11-16(26-18)10-14-3-2-4-15(19)9-14/h2-4,9,11,13H,5-8,10,12H2,1H3,(H,20,21,23). The van der Waals surface area contributed by atoms with Crippen LogP contribution in [-0.2, 0) is 21.2 Å². The molecular weight excluding hydrogens is 406 g/mol. The van der Waals surface area contributed by atoms with Gasteiger partial charge in [0.25, 0.3) is 0 Å². The molecule has 6 nitrogen and oxygen atoms in total. The van der Waals surface area contributed by atoms with E-state index in [0.29, 0.717) is 35.6 Å². The molecule has 1 aliphatic rings. The summed E-state index contributed by atoms with van der Waals surface area (Å²) in [4.78, 5) is 17.3. The van der Waals surface area contributed by atoms with Crippen molar-refractivity contribution in [3.05, 3.63) is 45.9 Å². The number of halogens is 1. The van der Waals surface area contributed by atoms with E-state index in [4.69, 9.17) is 11.6 Å². The van der Waals surface area contributed by atoms with Crippen LogP contribution in [0.1, 0.15) is 30.2 Å². The van der Waals surface area contributed by atoms with Crippen LogP contribution in [0.2, 0.25) is 5.02 Å². The van der Waals surface area contributed by atoms with Gasteiger partial charge in [0, 0.05) is 35.6 Å². The third-order valence-electron chi connectivity index (χ3n) is 4.52. The van der Waals surface area contributed by atoms with Gasteiger partial charge in [0.15, 0.2) is 5.13 Å². The zero-order chi connectivity index (χ0) is 19.4. The van der Waals surface area contributed by atoms with Crippen molar-refractivity contribution in [1.29, 1.82) is 0 Å². The smallest absolute Gasteiger partial charge is 0.242 e. The van der Waals surface area contributed by atoms with Crippen LogP contribution in [0, 0.1) is 5.92 Å². The number of benzene rings is 1. The third kappa shape index (κ3) is 5.75. The second-order valence-electron chi connectivity index (χ2n) is 6.82. The summed E-state index contributed by atoms with van der Waals surface area (Å²) in [5.74, 6) is -0.583. The highest BCUT2D eigenvalue weighted by Gasteiger charge is 2.28. The molecule has 0 bridgehead atoms. The monoisotopic (exact) mass is 427 g/mol. The van der Waals surface area contributed by atoms with Gasteiger partial charge in [-0.3, -0.25) is 4.79 Å². The fourth-order valence-electron chi connectivity index (χ4n) is 2.97. The predicted octanol–water partition coefficient (Wildman–Crippen LogP) is 3.39. The molecule has 0 atom stereocenters. The first-order chi connectivity index (χ1) is 12.8. The van der Waals surface area contributed by atoms with Gasteiger partial charge < -0.3 is 5.32 Å². The number of nitrogens with one attached hydrogen (secondary N) is 1. The summed E-state index contributed by atoms with van der Waals surface area (Å²) in [6, 6.07) is 7.54. The Morgan fingerprint density at radius 1 is 1.37 bits per heavy atom. The molecule has 0 aliphatic carbocycles. The van der Waals surface area contributed by atoms with E-state index < -0.39 is 21.7 Å². The number of rotatable bonds is 6. The van der Waals surface area contributed by atoms with Gasteiger partial charge in [-0.05, 0) is 36.5 Å². The predicted molar refractivity (Wildman–Crippen MR) is 109 cm³/mol. The van der Waals surface area contributed by atoms with Crippen LogP contribution in [0.25, 0.3) is 0 Å². The van der Waals surface area contributed by atoms with Gasteiger partial charge in [-0.15, -0.1) is 11.3 Å². The molecule has 1 amide bonds. The van der Waals surface area contributed by atoms with E-state index >= 15 is 0 Å². The Morgan fingerprint density at radius 2 is 2.11 bits per heavy atom. The summed E-state index contributed by atoms with van der Waals surface area (Å²) in [5, 5.41) is 3.67. The number of anilines is 1. The number of carbonyl (C=O) groups excluding carboxylic acids is 1. The lowest BCUT2D eigenvalue weighted by Crippen LogP contribution is -2.41. The van der Waals surface area contributed by atoms with Crippen LogP contribution in [0.5, 0.6) is 0 Å². The minimum atomic E-state index is -3.59. The van der Waals surface area contributed by atoms with Gasteiger partial charge >= 0.3 is 0 Å². The lowest BCUT2D eigenvalue weighted by atomic mass is 10.0. The normalized spacial score (nSPS) is 16.4. The fourth-order valence-corrected chi connectivity index (χ4v) is 5.40. The van der Waals surface area contributed by atoms with Gasteiger partial charge in [-0.25, -0.2) is 17.7 Å². The summed E-state index contributed by atoms with van der Waals surface area (Å²) in [6.07, 6.45) is 4.00. The average molecular weight is 428 g/mol. The molecule has 0 spiro atoms. The molecule has 146 valence electrons. The molecule has 3 rings (SSSR count). The maximum Gasteiger partial charge on any atom is 0.242 e. The molecule has 2 heterocycles. The number of aromatic nitrogens is 1. The topological polar surface area (TPSA) is 79.4 Å². The van der Waals surface area contributed by atoms with E-state index in [-0.39, 0.29) is 0 Å². The maximum absolute atomic E-state index is 12.4. The molecule has 2 aromatic rings. The van der Waals surface area contributed by atoms with Gasteiger partial charge in [-0.2, -0.15) is 0 Å². The lowest BCUT2D eigenvalue weighted by molar-refractivity contribution is -0.113. The highest BCUT2D eigenvalue weighted by molar-refractivity contribution is 7.89. The highest BCUT2D eigenvalue weighted by atomic mass is 35.5. The van der Waals surface area contributed by atoms with E-state index in [9.17, 15) is 13.2 Å². The van der Waals surface area contributed by atoms with Crippen LogP contribution in [-0.4, -0.2) is 42.5 Å². The number of nitrogens with zero attached hydrogens (tertiary/aromatic N) is 2. The molecule has 1 aromatic heterocycles. The number of carbonyl (C=O) groups is 1. The van der Waals surface area contributed by atoms with Crippen molar-refractivity contribution in [2.45, 2.75) is 26.2 Å². The Bertz CT molecular complexity index is 906. The molecule has 1 saturated heterocycles. The van der Waals surface area contributed by atoms with Gasteiger partial charge in [-0.1, -0.05) is 30.7 Å². The van der Waals surface area contributed by atoms with E-state index in [0.717, 1.165) is 23.3 Å². The number of thiazole rings is 1. The highest BCUT2D eigenvalue weighted by Crippen LogP contribution is 2.23. The molecule has 1 fully saturated rings. The zero-order valence-corrected chi connectivity index (χ0v) is 17.4. The molecule has 1 aromatic carbocycles. The summed E-state index contributed by atoms with van der Waals surface area (Å²) in [7, 11) is -3.59. The van der Waals surface area contributed by atoms with Crippen LogP contribution in [0.4, 0.5) is 5.13 Å². The number of hydrogen-bond donors (Lipinski definition) is 1. The van der Waals surface area contributed by atoms with Crippen molar-refractivity contribution in [2.24, 2.45) is 5.92 Å². The average Bonchev–Trinajstić information content (AvgIpc) is 3.01. The van der Waals surface area contributed by atoms with Crippen molar-refractivity contribution >= 4 is 44.0 Å². The van der Waals surface area contributed by atoms with Gasteiger partial charge in [0.05, 0.1) is 0 Å². The van der Waals surface area contributed by atoms with Crippen molar-refractivity contribution < 1.29 is 13.2 Å². The Kier molecular flexibility index (Phi) is 6.52. The summed E-state index contributed by atoms with van der Waals surface area (Å²) >= 11 is 7.32. The fraction of sp³-hybridized carbons (Fsp3) is 0.444. The van der Waals surface area contributed by atoms with Crippen LogP contribution in [0.15, 0.2) is 30.5 Å². The Morgan fingerprint density at radius 3 is 2.81 bits per heavy atom. The Hall–Kier alpha value is -1.48. The summed E-state index contributed by atoms with van der Waals surface area (Å²) in [5.41, 5.74) is 1.05. The zero-order valence-electron chi connectivity index (χ0n) is 15.0. The van der Waals surface area contributed by atoms with E-state index in [1.54, 1.807) is 6.20 Å². The minimum Gasteiger partial charge on any atom is -0.301 e. The molecule has 1 aliphatic heterocycles. The minimum absolute atomic E-state index is 0.402. The first-order valence-electron chi connectivity index (χ1n) is 8.78. The number of hydrogen-bond acceptors (Lipinski definition) is 5. The molecule has 0 saturated carbocycles. The molecule has 0 unspecified atom stereocenters. The van der Waals surface area contributed by atoms with Crippen molar-refractivity contribution in [3.8, 4) is 0 Å². The maximum atomic E-state index is 12.4. The quantitative estimate of drug-likeness (QED) is 0.766. The largest absolute Gasteiger partial charge is 0.301 e. The number of sulfonamides is 1. The van der Waals surface area contributed by atoms with Crippen LogP contribution in [0.3, 0.4) is 0 Å². The number of amides is 1. The molecule has 1 N–H and O–H groups in total.